The standard InChI is InChI=1S/C31H40N4O6/c1-35-26(18-36)30(39)34-25(16-19-7-12-23(37)13-8-19)29(38)32-15-3-6-21-4-2-5-22-11-14-24(41-28(21)22)17-33-27(31(35)40)20-9-10-20/h2,4-5,7-8,12-13,20,24-27,33,36-37H,3,6,9-11,14-18H2,1H3,(H,32,38)(H,34,39)/t24?,25-,26+,27+/m1/s1. The Kier molecular flexibility index (Phi) is 9.09. The van der Waals surface area contributed by atoms with E-state index < -0.39 is 30.6 Å². The Morgan fingerprint density at radius 3 is 2.41 bits per heavy atom. The lowest BCUT2D eigenvalue weighted by atomic mass is 9.96. The maximum Gasteiger partial charge on any atom is 0.245 e. The smallest absolute Gasteiger partial charge is 0.245 e. The van der Waals surface area contributed by atoms with Gasteiger partial charge < -0.3 is 35.8 Å². The average Bonchev–Trinajstić information content (AvgIpc) is 3.81. The van der Waals surface area contributed by atoms with Crippen molar-refractivity contribution in [2.45, 2.75) is 69.2 Å². The summed E-state index contributed by atoms with van der Waals surface area (Å²) in [6.45, 7) is 0.333. The van der Waals surface area contributed by atoms with E-state index in [0.29, 0.717) is 19.5 Å². The zero-order chi connectivity index (χ0) is 28.9. The summed E-state index contributed by atoms with van der Waals surface area (Å²) < 4.78 is 6.45. The Morgan fingerprint density at radius 2 is 1.71 bits per heavy atom. The van der Waals surface area contributed by atoms with Crippen LogP contribution in [0.25, 0.3) is 0 Å². The van der Waals surface area contributed by atoms with E-state index in [2.05, 4.69) is 28.1 Å². The molecule has 2 aliphatic heterocycles. The van der Waals surface area contributed by atoms with Crippen LogP contribution < -0.4 is 20.7 Å². The van der Waals surface area contributed by atoms with E-state index >= 15 is 0 Å². The van der Waals surface area contributed by atoms with Crippen LogP contribution in [0.3, 0.4) is 0 Å². The van der Waals surface area contributed by atoms with Gasteiger partial charge in [0.25, 0.3) is 0 Å². The van der Waals surface area contributed by atoms with Gasteiger partial charge in [0.1, 0.15) is 29.7 Å². The van der Waals surface area contributed by atoms with Gasteiger partial charge in [-0.15, -0.1) is 0 Å². The number of para-hydroxylation sites is 1. The number of benzene rings is 2. The van der Waals surface area contributed by atoms with E-state index in [9.17, 15) is 24.6 Å². The summed E-state index contributed by atoms with van der Waals surface area (Å²) in [6, 6.07) is 10.0. The second kappa shape index (κ2) is 12.9. The van der Waals surface area contributed by atoms with Crippen LogP contribution in [0, 0.1) is 5.92 Å². The number of nitrogens with one attached hydrogen (secondary N) is 3. The Labute approximate surface area is 240 Å². The van der Waals surface area contributed by atoms with Gasteiger partial charge in [0.05, 0.1) is 12.6 Å². The third kappa shape index (κ3) is 7.00. The first kappa shape index (κ1) is 28.9. The van der Waals surface area contributed by atoms with Gasteiger partial charge in [0.2, 0.25) is 17.7 Å². The van der Waals surface area contributed by atoms with Gasteiger partial charge in [0.15, 0.2) is 0 Å². The SMILES string of the molecule is CN1C(=O)[C@H](C2CC2)NCC2CCc3cccc(c3O2)CCCNC(=O)[C@@H](Cc2ccc(O)cc2)NC(=O)[C@@H]1CO. The lowest BCUT2D eigenvalue weighted by Crippen LogP contribution is -2.59. The van der Waals surface area contributed by atoms with Gasteiger partial charge in [-0.25, -0.2) is 0 Å². The van der Waals surface area contributed by atoms with Gasteiger partial charge in [-0.05, 0) is 73.3 Å². The van der Waals surface area contributed by atoms with Gasteiger partial charge in [0, 0.05) is 26.6 Å². The van der Waals surface area contributed by atoms with E-state index in [1.165, 1.54) is 29.6 Å². The van der Waals surface area contributed by atoms with E-state index in [4.69, 9.17) is 4.74 Å². The molecule has 0 spiro atoms. The molecule has 5 rings (SSSR count). The van der Waals surface area contributed by atoms with Crippen molar-refractivity contribution in [3.8, 4) is 11.5 Å². The van der Waals surface area contributed by atoms with Gasteiger partial charge in [-0.3, -0.25) is 14.4 Å². The highest BCUT2D eigenvalue weighted by Crippen LogP contribution is 2.35. The number of hydrogen-bond donors (Lipinski definition) is 5. The van der Waals surface area contributed by atoms with E-state index in [1.807, 2.05) is 6.07 Å². The van der Waals surface area contributed by atoms with Gasteiger partial charge >= 0.3 is 0 Å². The van der Waals surface area contributed by atoms with Crippen LogP contribution in [-0.4, -0.2) is 83.8 Å². The number of aliphatic hydroxyl groups is 1. The number of carbonyl (C=O) groups is 3. The quantitative estimate of drug-likeness (QED) is 0.374. The van der Waals surface area contributed by atoms with Crippen LogP contribution >= 0.6 is 0 Å². The molecule has 4 atom stereocenters. The molecule has 1 aliphatic carbocycles. The number of aliphatic hydroxyl groups excluding tert-OH is 1. The molecule has 2 bridgehead atoms. The summed E-state index contributed by atoms with van der Waals surface area (Å²) in [4.78, 5) is 41.6. The highest BCUT2D eigenvalue weighted by Gasteiger charge is 2.41. The molecule has 10 heteroatoms. The average molecular weight is 565 g/mol. The molecule has 3 aliphatic rings. The number of aromatic hydroxyl groups is 1. The minimum atomic E-state index is -1.15. The van der Waals surface area contributed by atoms with Crippen LogP contribution in [0.15, 0.2) is 42.5 Å². The number of rotatable bonds is 4. The Morgan fingerprint density at radius 1 is 0.976 bits per heavy atom. The van der Waals surface area contributed by atoms with E-state index in [0.717, 1.165) is 49.0 Å². The summed E-state index contributed by atoms with van der Waals surface area (Å²) in [7, 11) is 1.52. The molecule has 1 fully saturated rings. The normalized spacial score (nSPS) is 26.3. The van der Waals surface area contributed by atoms with Crippen LogP contribution in [0.2, 0.25) is 0 Å². The molecule has 1 unspecified atom stereocenters. The number of likely N-dealkylation sites (N-methyl/N-ethyl adjacent to an activating group) is 1. The minimum Gasteiger partial charge on any atom is -0.508 e. The fraction of sp³-hybridized carbons (Fsp3) is 0.516. The van der Waals surface area contributed by atoms with Crippen LogP contribution in [-0.2, 0) is 33.6 Å². The summed E-state index contributed by atoms with van der Waals surface area (Å²) in [6.07, 6.45) is 5.07. The van der Waals surface area contributed by atoms with Crippen LogP contribution in [0.1, 0.15) is 42.4 Å². The third-order valence-corrected chi connectivity index (χ3v) is 8.35. The molecule has 3 amide bonds. The van der Waals surface area contributed by atoms with Crippen molar-refractivity contribution < 1.29 is 29.3 Å². The largest absolute Gasteiger partial charge is 0.508 e. The number of nitrogens with zero attached hydrogens (tertiary/aromatic N) is 1. The second-order valence-electron chi connectivity index (χ2n) is 11.4. The number of ether oxygens (including phenoxy) is 1. The molecule has 41 heavy (non-hydrogen) atoms. The third-order valence-electron chi connectivity index (χ3n) is 8.35. The Hall–Kier alpha value is -3.63. The lowest BCUT2D eigenvalue weighted by molar-refractivity contribution is -0.143. The van der Waals surface area contributed by atoms with Crippen LogP contribution in [0.4, 0.5) is 0 Å². The number of phenolic OH excluding ortho intramolecular Hbond substituents is 1. The summed E-state index contributed by atoms with van der Waals surface area (Å²) in [5, 5.41) is 29.0. The monoisotopic (exact) mass is 564 g/mol. The molecule has 5 N–H and O–H groups in total. The maximum atomic E-state index is 13.6. The fourth-order valence-electron chi connectivity index (χ4n) is 5.73. The van der Waals surface area contributed by atoms with Crippen molar-refractivity contribution >= 4 is 17.7 Å². The molecule has 0 radical (unpaired) electrons. The Bertz CT molecular complexity index is 1250. The van der Waals surface area contributed by atoms with Gasteiger partial charge in [-0.1, -0.05) is 30.3 Å². The molecule has 220 valence electrons. The number of fused-ring (bicyclic) bond motifs is 1. The first-order valence-electron chi connectivity index (χ1n) is 14.6. The highest BCUT2D eigenvalue weighted by molar-refractivity contribution is 5.93. The molecule has 0 saturated heterocycles. The maximum absolute atomic E-state index is 13.6. The number of hydrogen-bond acceptors (Lipinski definition) is 7. The van der Waals surface area contributed by atoms with Crippen molar-refractivity contribution in [2.75, 3.05) is 26.7 Å². The summed E-state index contributed by atoms with van der Waals surface area (Å²) in [5.41, 5.74) is 3.02. The fourth-order valence-corrected chi connectivity index (χ4v) is 5.73. The minimum absolute atomic E-state index is 0.0841. The van der Waals surface area contributed by atoms with Crippen molar-refractivity contribution in [1.29, 1.82) is 0 Å². The Balaban J connectivity index is 1.40. The van der Waals surface area contributed by atoms with Crippen molar-refractivity contribution in [2.24, 2.45) is 5.92 Å². The molecule has 2 aromatic carbocycles. The summed E-state index contributed by atoms with van der Waals surface area (Å²) in [5.74, 6) is -0.0549. The number of carbonyl (C=O) groups excluding carboxylic acids is 3. The predicted molar refractivity (Wildman–Crippen MR) is 152 cm³/mol. The first-order chi connectivity index (χ1) is 19.8. The summed E-state index contributed by atoms with van der Waals surface area (Å²) >= 11 is 0. The molecular weight excluding hydrogens is 524 g/mol. The zero-order valence-corrected chi connectivity index (χ0v) is 23.5. The van der Waals surface area contributed by atoms with Crippen molar-refractivity contribution in [3.63, 3.8) is 0 Å². The predicted octanol–water partition coefficient (Wildman–Crippen LogP) is 1.06. The lowest BCUT2D eigenvalue weighted by Gasteiger charge is -2.33. The number of aryl methyl sites for hydroxylation is 2. The molecular formula is C31H40N4O6. The second-order valence-corrected chi connectivity index (χ2v) is 11.4. The molecule has 10 nitrogen and oxygen atoms in total. The molecule has 2 aromatic rings. The molecule has 1 saturated carbocycles. The zero-order valence-electron chi connectivity index (χ0n) is 23.5. The molecule has 2 heterocycles. The van der Waals surface area contributed by atoms with Crippen molar-refractivity contribution in [1.82, 2.24) is 20.9 Å². The topological polar surface area (TPSA) is 140 Å². The number of phenols is 1. The highest BCUT2D eigenvalue weighted by atomic mass is 16.5. The van der Waals surface area contributed by atoms with Crippen molar-refractivity contribution in [3.05, 3.63) is 59.2 Å². The molecule has 0 aromatic heterocycles. The number of amides is 3. The van der Waals surface area contributed by atoms with Crippen LogP contribution in [0.5, 0.6) is 11.5 Å². The van der Waals surface area contributed by atoms with Gasteiger partial charge in [-0.2, -0.15) is 0 Å². The van der Waals surface area contributed by atoms with E-state index in [1.54, 1.807) is 12.1 Å². The van der Waals surface area contributed by atoms with E-state index in [-0.39, 0.29) is 36.0 Å². The first-order valence-corrected chi connectivity index (χ1v) is 14.6.